The topological polar surface area (TPSA) is 29.1 Å². The summed E-state index contributed by atoms with van der Waals surface area (Å²) in [4.78, 5) is 10.9. The summed E-state index contributed by atoms with van der Waals surface area (Å²) in [6, 6.07) is 0. The Hall–Kier alpha value is -0.530. The number of hydrogen-bond acceptors (Lipinski definition) is 1. The van der Waals surface area contributed by atoms with Crippen molar-refractivity contribution >= 4 is 5.91 Å². The van der Waals surface area contributed by atoms with Crippen LogP contribution < -0.4 is 5.32 Å². The van der Waals surface area contributed by atoms with Gasteiger partial charge in [0.25, 0.3) is 0 Å². The van der Waals surface area contributed by atoms with Crippen LogP contribution in [0.15, 0.2) is 0 Å². The number of piperidine rings is 1. The number of carbonyl (C=O) groups excluding carboxylic acids is 1. The number of hydrogen-bond donors (Lipinski definition) is 1. The number of carbonyl (C=O) groups is 1. The Kier molecular flexibility index (Phi) is 3.40. The van der Waals surface area contributed by atoms with Crippen molar-refractivity contribution in [1.82, 2.24) is 5.32 Å². The molecule has 1 aliphatic rings. The molecule has 1 saturated heterocycles. The highest BCUT2D eigenvalue weighted by Crippen LogP contribution is 2.18. The lowest BCUT2D eigenvalue weighted by atomic mass is 9.92. The van der Waals surface area contributed by atoms with Crippen LogP contribution in [-0.4, -0.2) is 12.5 Å². The van der Waals surface area contributed by atoms with E-state index in [1.54, 1.807) is 0 Å². The van der Waals surface area contributed by atoms with Crippen molar-refractivity contribution in [2.24, 2.45) is 5.92 Å². The van der Waals surface area contributed by atoms with E-state index in [0.717, 1.165) is 13.0 Å². The van der Waals surface area contributed by atoms with Gasteiger partial charge >= 0.3 is 0 Å². The van der Waals surface area contributed by atoms with Gasteiger partial charge in [0, 0.05) is 13.0 Å². The highest BCUT2D eigenvalue weighted by atomic mass is 16.1. The average molecular weight is 155 g/mol. The van der Waals surface area contributed by atoms with Gasteiger partial charge in [-0.1, -0.05) is 19.8 Å². The molecular weight excluding hydrogens is 138 g/mol. The van der Waals surface area contributed by atoms with E-state index in [-0.39, 0.29) is 5.91 Å². The minimum Gasteiger partial charge on any atom is -0.356 e. The zero-order chi connectivity index (χ0) is 8.10. The molecule has 1 heterocycles. The predicted molar refractivity (Wildman–Crippen MR) is 45.3 cm³/mol. The monoisotopic (exact) mass is 155 g/mol. The molecule has 11 heavy (non-hydrogen) atoms. The van der Waals surface area contributed by atoms with E-state index in [4.69, 9.17) is 0 Å². The molecule has 2 heteroatoms. The number of rotatable bonds is 3. The van der Waals surface area contributed by atoms with Crippen LogP contribution in [-0.2, 0) is 4.79 Å². The molecule has 1 aliphatic heterocycles. The standard InChI is InChI=1S/C9H17NO/c1-2-3-4-8-5-6-10-9(11)7-8/h8H,2-7H2,1H3,(H,10,11). The Morgan fingerprint density at radius 1 is 1.64 bits per heavy atom. The Morgan fingerprint density at radius 3 is 3.09 bits per heavy atom. The van der Waals surface area contributed by atoms with Crippen molar-refractivity contribution in [3.8, 4) is 0 Å². The van der Waals surface area contributed by atoms with Crippen LogP contribution in [0.3, 0.4) is 0 Å². The van der Waals surface area contributed by atoms with Gasteiger partial charge in [0.05, 0.1) is 0 Å². The molecule has 64 valence electrons. The molecule has 1 atom stereocenters. The van der Waals surface area contributed by atoms with E-state index in [1.807, 2.05) is 0 Å². The van der Waals surface area contributed by atoms with Crippen LogP contribution in [0.5, 0.6) is 0 Å². The van der Waals surface area contributed by atoms with E-state index in [9.17, 15) is 4.79 Å². The predicted octanol–water partition coefficient (Wildman–Crippen LogP) is 1.70. The Bertz CT molecular complexity index is 134. The maximum absolute atomic E-state index is 10.9. The maximum Gasteiger partial charge on any atom is 0.220 e. The number of amides is 1. The quantitative estimate of drug-likeness (QED) is 0.660. The molecule has 0 saturated carbocycles. The minimum atomic E-state index is 0.248. The zero-order valence-electron chi connectivity index (χ0n) is 7.23. The fourth-order valence-electron chi connectivity index (χ4n) is 1.59. The first-order valence-corrected chi connectivity index (χ1v) is 4.59. The van der Waals surface area contributed by atoms with Gasteiger partial charge in [0.2, 0.25) is 5.91 Å². The molecule has 1 N–H and O–H groups in total. The minimum absolute atomic E-state index is 0.248. The van der Waals surface area contributed by atoms with E-state index in [0.29, 0.717) is 5.92 Å². The van der Waals surface area contributed by atoms with E-state index in [2.05, 4.69) is 12.2 Å². The third kappa shape index (κ3) is 2.91. The first-order valence-electron chi connectivity index (χ1n) is 4.59. The maximum atomic E-state index is 10.9. The average Bonchev–Trinajstić information content (AvgIpc) is 2.01. The molecular formula is C9H17NO. The van der Waals surface area contributed by atoms with Gasteiger partial charge in [-0.2, -0.15) is 0 Å². The van der Waals surface area contributed by atoms with Gasteiger partial charge in [0.1, 0.15) is 0 Å². The van der Waals surface area contributed by atoms with E-state index < -0.39 is 0 Å². The summed E-state index contributed by atoms with van der Waals surface area (Å²) in [5, 5.41) is 2.85. The number of nitrogens with one attached hydrogen (secondary N) is 1. The van der Waals surface area contributed by atoms with E-state index in [1.165, 1.54) is 25.7 Å². The van der Waals surface area contributed by atoms with Crippen molar-refractivity contribution < 1.29 is 4.79 Å². The van der Waals surface area contributed by atoms with Crippen LogP contribution >= 0.6 is 0 Å². The number of unbranched alkanes of at least 4 members (excludes halogenated alkanes) is 1. The second kappa shape index (κ2) is 4.37. The molecule has 0 bridgehead atoms. The van der Waals surface area contributed by atoms with Gasteiger partial charge in [-0.3, -0.25) is 4.79 Å². The first-order chi connectivity index (χ1) is 5.33. The largest absolute Gasteiger partial charge is 0.356 e. The highest BCUT2D eigenvalue weighted by Gasteiger charge is 2.17. The summed E-state index contributed by atoms with van der Waals surface area (Å²) in [7, 11) is 0. The Morgan fingerprint density at radius 2 is 2.45 bits per heavy atom. The van der Waals surface area contributed by atoms with Crippen LogP contribution in [0.25, 0.3) is 0 Å². The smallest absolute Gasteiger partial charge is 0.220 e. The highest BCUT2D eigenvalue weighted by molar-refractivity contribution is 5.76. The first kappa shape index (κ1) is 8.57. The van der Waals surface area contributed by atoms with Crippen molar-refractivity contribution in [3.63, 3.8) is 0 Å². The molecule has 0 aromatic carbocycles. The summed E-state index contributed by atoms with van der Waals surface area (Å²) in [6.45, 7) is 3.09. The van der Waals surface area contributed by atoms with Crippen molar-refractivity contribution in [2.75, 3.05) is 6.54 Å². The fourth-order valence-corrected chi connectivity index (χ4v) is 1.59. The summed E-state index contributed by atoms with van der Waals surface area (Å²) < 4.78 is 0. The summed E-state index contributed by atoms with van der Waals surface area (Å²) in [6.07, 6.45) is 5.71. The summed E-state index contributed by atoms with van der Waals surface area (Å²) in [5.41, 5.74) is 0. The van der Waals surface area contributed by atoms with Gasteiger partial charge in [0.15, 0.2) is 0 Å². The van der Waals surface area contributed by atoms with Crippen LogP contribution in [0.2, 0.25) is 0 Å². The lowest BCUT2D eigenvalue weighted by Crippen LogP contribution is -2.33. The second-order valence-corrected chi connectivity index (χ2v) is 3.35. The molecule has 1 unspecified atom stereocenters. The molecule has 0 aliphatic carbocycles. The summed E-state index contributed by atoms with van der Waals surface area (Å²) >= 11 is 0. The lowest BCUT2D eigenvalue weighted by Gasteiger charge is -2.21. The molecule has 2 nitrogen and oxygen atoms in total. The van der Waals surface area contributed by atoms with Crippen molar-refractivity contribution in [2.45, 2.75) is 39.0 Å². The Balaban J connectivity index is 2.17. The molecule has 1 rings (SSSR count). The van der Waals surface area contributed by atoms with Gasteiger partial charge in [-0.15, -0.1) is 0 Å². The molecule has 0 radical (unpaired) electrons. The third-order valence-electron chi connectivity index (χ3n) is 2.31. The van der Waals surface area contributed by atoms with Gasteiger partial charge in [-0.25, -0.2) is 0 Å². The molecule has 1 fully saturated rings. The van der Waals surface area contributed by atoms with Crippen LogP contribution in [0, 0.1) is 5.92 Å². The van der Waals surface area contributed by atoms with Crippen LogP contribution in [0.1, 0.15) is 39.0 Å². The van der Waals surface area contributed by atoms with E-state index >= 15 is 0 Å². The van der Waals surface area contributed by atoms with Crippen molar-refractivity contribution in [3.05, 3.63) is 0 Å². The second-order valence-electron chi connectivity index (χ2n) is 3.35. The molecule has 0 aromatic rings. The normalized spacial score (nSPS) is 24.8. The SMILES string of the molecule is CCCCC1CCNC(=O)C1. The van der Waals surface area contributed by atoms with Crippen LogP contribution in [0.4, 0.5) is 0 Å². The van der Waals surface area contributed by atoms with Gasteiger partial charge in [-0.05, 0) is 18.8 Å². The van der Waals surface area contributed by atoms with Crippen molar-refractivity contribution in [1.29, 1.82) is 0 Å². The van der Waals surface area contributed by atoms with Gasteiger partial charge < -0.3 is 5.32 Å². The zero-order valence-corrected chi connectivity index (χ0v) is 7.23. The third-order valence-corrected chi connectivity index (χ3v) is 2.31. The molecule has 0 aromatic heterocycles. The lowest BCUT2D eigenvalue weighted by molar-refractivity contribution is -0.123. The Labute approximate surface area is 68.4 Å². The summed E-state index contributed by atoms with van der Waals surface area (Å²) in [5.74, 6) is 0.918. The molecule has 0 spiro atoms. The molecule has 1 amide bonds. The fraction of sp³-hybridized carbons (Fsp3) is 0.889.